The van der Waals surface area contributed by atoms with Crippen molar-refractivity contribution in [1.82, 2.24) is 5.32 Å². The molecule has 11 heavy (non-hydrogen) atoms. The van der Waals surface area contributed by atoms with Crippen molar-refractivity contribution in [2.24, 2.45) is 5.41 Å². The number of carbonyl (C=O) groups excluding carboxylic acids is 1. The largest absolute Gasteiger partial charge is 0.358 e. The first-order valence-electron chi connectivity index (χ1n) is 3.75. The van der Waals surface area contributed by atoms with Gasteiger partial charge in [-0.25, -0.2) is 0 Å². The van der Waals surface area contributed by atoms with Gasteiger partial charge in [0.1, 0.15) is 0 Å². The summed E-state index contributed by atoms with van der Waals surface area (Å²) in [5.74, 6) is 0.0816. The molecular weight excluding hydrogens is 138 g/mol. The lowest BCUT2D eigenvalue weighted by Crippen LogP contribution is -2.35. The smallest absolute Gasteiger partial charge is 0.229 e. The van der Waals surface area contributed by atoms with E-state index in [4.69, 9.17) is 0 Å². The van der Waals surface area contributed by atoms with Crippen LogP contribution in [0.1, 0.15) is 13.3 Å². The first-order valence-corrected chi connectivity index (χ1v) is 3.75. The number of amides is 1. The Kier molecular flexibility index (Phi) is 2.13. The molecule has 0 heterocycles. The molecule has 1 amide bonds. The molecule has 2 nitrogen and oxygen atoms in total. The van der Waals surface area contributed by atoms with Gasteiger partial charge < -0.3 is 5.32 Å². The summed E-state index contributed by atoms with van der Waals surface area (Å²) in [7, 11) is 1.67. The highest BCUT2D eigenvalue weighted by atomic mass is 16.2. The number of hydrogen-bond donors (Lipinski definition) is 1. The molecular formula is C9H13NO. The zero-order valence-electron chi connectivity index (χ0n) is 6.92. The molecule has 1 unspecified atom stereocenters. The topological polar surface area (TPSA) is 29.1 Å². The Labute approximate surface area is 67.0 Å². The van der Waals surface area contributed by atoms with Gasteiger partial charge in [-0.15, -0.1) is 0 Å². The quantitative estimate of drug-likeness (QED) is 0.600. The van der Waals surface area contributed by atoms with Crippen molar-refractivity contribution in [1.29, 1.82) is 0 Å². The summed E-state index contributed by atoms with van der Waals surface area (Å²) < 4.78 is 0. The maximum Gasteiger partial charge on any atom is 0.229 e. The fourth-order valence-corrected chi connectivity index (χ4v) is 1.18. The van der Waals surface area contributed by atoms with Gasteiger partial charge >= 0.3 is 0 Å². The van der Waals surface area contributed by atoms with Gasteiger partial charge in [-0.1, -0.05) is 24.3 Å². The Morgan fingerprint density at radius 1 is 1.55 bits per heavy atom. The van der Waals surface area contributed by atoms with Gasteiger partial charge in [-0.05, 0) is 13.3 Å². The number of hydrogen-bond acceptors (Lipinski definition) is 1. The minimum atomic E-state index is -0.330. The Morgan fingerprint density at radius 2 is 2.27 bits per heavy atom. The van der Waals surface area contributed by atoms with E-state index in [1.165, 1.54) is 0 Å². The molecule has 0 bridgehead atoms. The molecule has 0 spiro atoms. The van der Waals surface area contributed by atoms with Crippen molar-refractivity contribution in [2.75, 3.05) is 7.05 Å². The third kappa shape index (κ3) is 1.50. The zero-order chi connectivity index (χ0) is 8.32. The lowest BCUT2D eigenvalue weighted by molar-refractivity contribution is -0.127. The van der Waals surface area contributed by atoms with E-state index in [0.717, 1.165) is 6.42 Å². The molecule has 0 aromatic carbocycles. The Balaban J connectivity index is 2.75. The second-order valence-electron chi connectivity index (χ2n) is 2.99. The van der Waals surface area contributed by atoms with E-state index in [-0.39, 0.29) is 11.3 Å². The molecule has 0 radical (unpaired) electrons. The van der Waals surface area contributed by atoms with Crippen LogP contribution in [0.15, 0.2) is 24.3 Å². The number of carbonyl (C=O) groups is 1. The standard InChI is InChI=1S/C9H13NO/c1-9(8(11)10-2)6-4-3-5-7-9/h3-6H,7H2,1-2H3,(H,10,11). The van der Waals surface area contributed by atoms with Crippen LogP contribution in [0.4, 0.5) is 0 Å². The van der Waals surface area contributed by atoms with Gasteiger partial charge in [0.15, 0.2) is 0 Å². The molecule has 0 aromatic heterocycles. The fourth-order valence-electron chi connectivity index (χ4n) is 1.18. The summed E-state index contributed by atoms with van der Waals surface area (Å²) in [5, 5.41) is 2.65. The van der Waals surface area contributed by atoms with Gasteiger partial charge in [0.25, 0.3) is 0 Å². The monoisotopic (exact) mass is 151 g/mol. The Bertz CT molecular complexity index is 218. The molecule has 1 atom stereocenters. The molecule has 2 heteroatoms. The molecule has 0 fully saturated rings. The lowest BCUT2D eigenvalue weighted by atomic mass is 9.83. The van der Waals surface area contributed by atoms with Crippen molar-refractivity contribution in [3.05, 3.63) is 24.3 Å². The summed E-state index contributed by atoms with van der Waals surface area (Å²) >= 11 is 0. The molecule has 1 N–H and O–H groups in total. The van der Waals surface area contributed by atoms with Gasteiger partial charge in [-0.3, -0.25) is 4.79 Å². The van der Waals surface area contributed by atoms with E-state index < -0.39 is 0 Å². The summed E-state index contributed by atoms with van der Waals surface area (Å²) in [6.45, 7) is 1.94. The molecule has 60 valence electrons. The van der Waals surface area contributed by atoms with Gasteiger partial charge in [0.05, 0.1) is 5.41 Å². The summed E-state index contributed by atoms with van der Waals surface area (Å²) in [5.41, 5.74) is -0.330. The average molecular weight is 151 g/mol. The minimum absolute atomic E-state index is 0.0816. The van der Waals surface area contributed by atoms with Gasteiger partial charge in [0.2, 0.25) is 5.91 Å². The van der Waals surface area contributed by atoms with E-state index in [1.54, 1.807) is 7.05 Å². The molecule has 1 rings (SSSR count). The maximum atomic E-state index is 11.3. The first-order chi connectivity index (χ1) is 5.19. The zero-order valence-corrected chi connectivity index (χ0v) is 6.92. The summed E-state index contributed by atoms with van der Waals surface area (Å²) in [6, 6.07) is 0. The van der Waals surface area contributed by atoms with Crippen LogP contribution in [0, 0.1) is 5.41 Å². The van der Waals surface area contributed by atoms with E-state index in [0.29, 0.717) is 0 Å². The van der Waals surface area contributed by atoms with Crippen LogP contribution in [0.2, 0.25) is 0 Å². The second-order valence-corrected chi connectivity index (χ2v) is 2.99. The highest BCUT2D eigenvalue weighted by molar-refractivity contribution is 5.84. The molecule has 1 aliphatic carbocycles. The number of allylic oxidation sites excluding steroid dienone is 3. The average Bonchev–Trinajstić information content (AvgIpc) is 2.04. The SMILES string of the molecule is CNC(=O)C1(C)C=CC=CC1. The van der Waals surface area contributed by atoms with Gasteiger partial charge in [0, 0.05) is 7.05 Å². The van der Waals surface area contributed by atoms with Crippen LogP contribution >= 0.6 is 0 Å². The highest BCUT2D eigenvalue weighted by Gasteiger charge is 2.28. The fraction of sp³-hybridized carbons (Fsp3) is 0.444. The molecule has 0 aliphatic heterocycles. The van der Waals surface area contributed by atoms with Crippen molar-refractivity contribution in [2.45, 2.75) is 13.3 Å². The third-order valence-corrected chi connectivity index (χ3v) is 2.00. The number of rotatable bonds is 1. The van der Waals surface area contributed by atoms with Crippen molar-refractivity contribution in [3.8, 4) is 0 Å². The molecule has 0 saturated carbocycles. The van der Waals surface area contributed by atoms with E-state index in [2.05, 4.69) is 5.32 Å². The van der Waals surface area contributed by atoms with Gasteiger partial charge in [-0.2, -0.15) is 0 Å². The minimum Gasteiger partial charge on any atom is -0.358 e. The Morgan fingerprint density at radius 3 is 2.73 bits per heavy atom. The third-order valence-electron chi connectivity index (χ3n) is 2.00. The van der Waals surface area contributed by atoms with E-state index in [9.17, 15) is 4.79 Å². The summed E-state index contributed by atoms with van der Waals surface area (Å²) in [4.78, 5) is 11.3. The van der Waals surface area contributed by atoms with Crippen molar-refractivity contribution in [3.63, 3.8) is 0 Å². The predicted octanol–water partition coefficient (Wildman–Crippen LogP) is 1.25. The Hall–Kier alpha value is -1.05. The van der Waals surface area contributed by atoms with Crippen LogP contribution in [0.3, 0.4) is 0 Å². The first kappa shape index (κ1) is 8.05. The molecule has 0 aromatic rings. The molecule has 1 aliphatic rings. The van der Waals surface area contributed by atoms with E-state index >= 15 is 0 Å². The predicted molar refractivity (Wildman–Crippen MR) is 45.1 cm³/mol. The van der Waals surface area contributed by atoms with Crippen LogP contribution in [0.5, 0.6) is 0 Å². The molecule has 0 saturated heterocycles. The van der Waals surface area contributed by atoms with Crippen LogP contribution in [-0.2, 0) is 4.79 Å². The van der Waals surface area contributed by atoms with Crippen LogP contribution < -0.4 is 5.32 Å². The van der Waals surface area contributed by atoms with Crippen LogP contribution in [-0.4, -0.2) is 13.0 Å². The second kappa shape index (κ2) is 2.91. The van der Waals surface area contributed by atoms with E-state index in [1.807, 2.05) is 31.2 Å². The normalized spacial score (nSPS) is 28.5. The number of nitrogens with one attached hydrogen (secondary N) is 1. The lowest BCUT2D eigenvalue weighted by Gasteiger charge is -2.23. The maximum absolute atomic E-state index is 11.3. The highest BCUT2D eigenvalue weighted by Crippen LogP contribution is 2.26. The van der Waals surface area contributed by atoms with Crippen molar-refractivity contribution < 1.29 is 4.79 Å². The summed E-state index contributed by atoms with van der Waals surface area (Å²) in [6.07, 6.45) is 8.62. The van der Waals surface area contributed by atoms with Crippen LogP contribution in [0.25, 0.3) is 0 Å². The van der Waals surface area contributed by atoms with Crippen molar-refractivity contribution >= 4 is 5.91 Å².